The molecule has 0 fully saturated rings. The lowest BCUT2D eigenvalue weighted by Gasteiger charge is -1.94. The molecule has 2 aromatic heterocycles. The molecular weight excluding hydrogens is 180 g/mol. The van der Waals surface area contributed by atoms with Gasteiger partial charge < -0.3 is 5.32 Å². The van der Waals surface area contributed by atoms with Crippen LogP contribution < -0.4 is 5.32 Å². The molecule has 0 bridgehead atoms. The quantitative estimate of drug-likeness (QED) is 0.787. The Bertz CT molecular complexity index is 381. The number of hydrogen-bond donors (Lipinski definition) is 1. The maximum absolute atomic E-state index is 4.08. The van der Waals surface area contributed by atoms with Gasteiger partial charge in [0.15, 0.2) is 0 Å². The lowest BCUT2D eigenvalue weighted by atomic mass is 10.2. The van der Waals surface area contributed by atoms with E-state index >= 15 is 0 Å². The first-order valence-corrected chi connectivity index (χ1v) is 4.95. The molecule has 0 saturated carbocycles. The Morgan fingerprint density at radius 3 is 3.00 bits per heavy atom. The van der Waals surface area contributed by atoms with Crippen molar-refractivity contribution >= 4 is 17.0 Å². The van der Waals surface area contributed by atoms with Crippen LogP contribution in [0.2, 0.25) is 0 Å². The van der Waals surface area contributed by atoms with E-state index in [1.54, 1.807) is 17.5 Å². The molecule has 0 saturated heterocycles. The minimum Gasteiger partial charge on any atom is -0.387 e. The summed E-state index contributed by atoms with van der Waals surface area (Å²) in [6.45, 7) is 0. The van der Waals surface area contributed by atoms with Crippen molar-refractivity contribution in [3.05, 3.63) is 36.0 Å². The van der Waals surface area contributed by atoms with Gasteiger partial charge >= 0.3 is 0 Å². The number of pyridine rings is 1. The Morgan fingerprint density at radius 1 is 1.46 bits per heavy atom. The van der Waals surface area contributed by atoms with E-state index in [1.165, 1.54) is 10.4 Å². The van der Waals surface area contributed by atoms with Gasteiger partial charge in [0.2, 0.25) is 0 Å². The normalized spacial score (nSPS) is 9.92. The van der Waals surface area contributed by atoms with Crippen LogP contribution in [0.5, 0.6) is 0 Å². The van der Waals surface area contributed by atoms with Gasteiger partial charge in [-0.25, -0.2) is 0 Å². The van der Waals surface area contributed by atoms with Crippen LogP contribution in [0, 0.1) is 0 Å². The van der Waals surface area contributed by atoms with Gasteiger partial charge in [-0.2, -0.15) is 0 Å². The maximum atomic E-state index is 4.08. The van der Waals surface area contributed by atoms with Gasteiger partial charge in [0.05, 0.1) is 0 Å². The molecule has 2 nitrogen and oxygen atoms in total. The zero-order valence-corrected chi connectivity index (χ0v) is 8.14. The summed E-state index contributed by atoms with van der Waals surface area (Å²) in [6, 6.07) is 6.15. The summed E-state index contributed by atoms with van der Waals surface area (Å²) >= 11 is 1.72. The molecule has 1 N–H and O–H groups in total. The molecule has 2 aromatic rings. The molecule has 0 aliphatic heterocycles. The summed E-state index contributed by atoms with van der Waals surface area (Å²) in [5.74, 6) is 0. The average molecular weight is 190 g/mol. The summed E-state index contributed by atoms with van der Waals surface area (Å²) in [6.07, 6.45) is 3.67. The second-order valence-electron chi connectivity index (χ2n) is 2.69. The number of anilines is 1. The van der Waals surface area contributed by atoms with Gasteiger partial charge in [0.25, 0.3) is 0 Å². The minimum absolute atomic E-state index is 1.16. The standard InChI is InChI=1S/C10H10N2S/c1-11-9-5-10(13-7-9)8-3-2-4-12-6-8/h2-7,11H,1H3. The molecule has 66 valence electrons. The Balaban J connectivity index is 2.36. The summed E-state index contributed by atoms with van der Waals surface area (Å²) in [4.78, 5) is 5.33. The summed E-state index contributed by atoms with van der Waals surface area (Å²) in [7, 11) is 1.93. The Kier molecular flexibility index (Phi) is 2.27. The molecule has 0 aliphatic rings. The molecule has 0 amide bonds. The van der Waals surface area contributed by atoms with Crippen molar-refractivity contribution in [1.82, 2.24) is 4.98 Å². The van der Waals surface area contributed by atoms with Gasteiger partial charge in [-0.3, -0.25) is 4.98 Å². The summed E-state index contributed by atoms with van der Waals surface area (Å²) in [5.41, 5.74) is 2.33. The van der Waals surface area contributed by atoms with Crippen molar-refractivity contribution < 1.29 is 0 Å². The largest absolute Gasteiger partial charge is 0.387 e. The molecule has 2 heterocycles. The van der Waals surface area contributed by atoms with E-state index in [0.717, 1.165) is 5.69 Å². The fraction of sp³-hybridized carbons (Fsp3) is 0.100. The number of hydrogen-bond acceptors (Lipinski definition) is 3. The number of nitrogens with zero attached hydrogens (tertiary/aromatic N) is 1. The SMILES string of the molecule is CNc1csc(-c2cccnc2)c1. The second-order valence-corrected chi connectivity index (χ2v) is 3.60. The van der Waals surface area contributed by atoms with Gasteiger partial charge in [0, 0.05) is 40.9 Å². The monoisotopic (exact) mass is 190 g/mol. The molecular formula is C10H10N2S. The third-order valence-corrected chi connectivity index (χ3v) is 2.81. The number of thiophene rings is 1. The number of nitrogens with one attached hydrogen (secondary N) is 1. The zero-order chi connectivity index (χ0) is 9.10. The predicted molar refractivity (Wildman–Crippen MR) is 57.1 cm³/mol. The van der Waals surface area contributed by atoms with E-state index in [0.29, 0.717) is 0 Å². The minimum atomic E-state index is 1.16. The van der Waals surface area contributed by atoms with Crippen LogP contribution >= 0.6 is 11.3 Å². The first kappa shape index (κ1) is 8.26. The summed E-state index contributed by atoms with van der Waals surface area (Å²) < 4.78 is 0. The fourth-order valence-electron chi connectivity index (χ4n) is 1.13. The lowest BCUT2D eigenvalue weighted by Crippen LogP contribution is -1.82. The van der Waals surface area contributed by atoms with Crippen molar-refractivity contribution in [1.29, 1.82) is 0 Å². The van der Waals surface area contributed by atoms with E-state index in [9.17, 15) is 0 Å². The first-order chi connectivity index (χ1) is 6.40. The van der Waals surface area contributed by atoms with Crippen LogP contribution in [-0.2, 0) is 0 Å². The fourth-order valence-corrected chi connectivity index (χ4v) is 2.02. The van der Waals surface area contributed by atoms with E-state index in [1.807, 2.05) is 19.3 Å². The molecule has 0 unspecified atom stereocenters. The molecule has 3 heteroatoms. The van der Waals surface area contributed by atoms with E-state index in [2.05, 4.69) is 27.8 Å². The topological polar surface area (TPSA) is 24.9 Å². The van der Waals surface area contributed by atoms with Crippen LogP contribution in [0.1, 0.15) is 0 Å². The zero-order valence-electron chi connectivity index (χ0n) is 7.32. The highest BCUT2D eigenvalue weighted by atomic mass is 32.1. The van der Waals surface area contributed by atoms with Crippen molar-refractivity contribution in [3.63, 3.8) is 0 Å². The highest BCUT2D eigenvalue weighted by Gasteiger charge is 2.00. The van der Waals surface area contributed by atoms with Gasteiger partial charge in [0.1, 0.15) is 0 Å². The van der Waals surface area contributed by atoms with E-state index < -0.39 is 0 Å². The van der Waals surface area contributed by atoms with E-state index in [4.69, 9.17) is 0 Å². The van der Waals surface area contributed by atoms with Crippen molar-refractivity contribution in [2.24, 2.45) is 0 Å². The van der Waals surface area contributed by atoms with Crippen LogP contribution in [0.4, 0.5) is 5.69 Å². The number of aromatic nitrogens is 1. The third kappa shape index (κ3) is 1.70. The van der Waals surface area contributed by atoms with E-state index in [-0.39, 0.29) is 0 Å². The van der Waals surface area contributed by atoms with Crippen molar-refractivity contribution in [3.8, 4) is 10.4 Å². The van der Waals surface area contributed by atoms with Crippen LogP contribution in [0.25, 0.3) is 10.4 Å². The predicted octanol–water partition coefficient (Wildman–Crippen LogP) is 2.85. The van der Waals surface area contributed by atoms with Gasteiger partial charge in [-0.1, -0.05) is 6.07 Å². The van der Waals surface area contributed by atoms with Crippen molar-refractivity contribution in [2.75, 3.05) is 12.4 Å². The molecule has 0 spiro atoms. The van der Waals surface area contributed by atoms with Crippen LogP contribution in [0.3, 0.4) is 0 Å². The third-order valence-electron chi connectivity index (χ3n) is 1.83. The van der Waals surface area contributed by atoms with Gasteiger partial charge in [-0.05, 0) is 12.1 Å². The molecule has 0 atom stereocenters. The Morgan fingerprint density at radius 2 is 2.38 bits per heavy atom. The second kappa shape index (κ2) is 3.58. The molecule has 2 rings (SSSR count). The van der Waals surface area contributed by atoms with Crippen LogP contribution in [-0.4, -0.2) is 12.0 Å². The highest BCUT2D eigenvalue weighted by Crippen LogP contribution is 2.28. The molecule has 0 radical (unpaired) electrons. The van der Waals surface area contributed by atoms with Crippen LogP contribution in [0.15, 0.2) is 36.0 Å². The smallest absolute Gasteiger partial charge is 0.0452 e. The van der Waals surface area contributed by atoms with Crippen molar-refractivity contribution in [2.45, 2.75) is 0 Å². The molecule has 0 aromatic carbocycles. The van der Waals surface area contributed by atoms with Gasteiger partial charge in [-0.15, -0.1) is 11.3 Å². The highest BCUT2D eigenvalue weighted by molar-refractivity contribution is 7.14. The molecule has 13 heavy (non-hydrogen) atoms. The Labute approximate surface area is 81.3 Å². The maximum Gasteiger partial charge on any atom is 0.0452 e. The summed E-state index contributed by atoms with van der Waals surface area (Å²) in [5, 5.41) is 5.21. The lowest BCUT2D eigenvalue weighted by molar-refractivity contribution is 1.33. The first-order valence-electron chi connectivity index (χ1n) is 4.07. The Hall–Kier alpha value is -1.35. The average Bonchev–Trinajstić information content (AvgIpc) is 2.67. The number of rotatable bonds is 2. The molecule has 0 aliphatic carbocycles.